The van der Waals surface area contributed by atoms with Gasteiger partial charge in [-0.2, -0.15) is 0 Å². The van der Waals surface area contributed by atoms with Gasteiger partial charge in [-0.3, -0.25) is 4.79 Å². The van der Waals surface area contributed by atoms with Crippen molar-refractivity contribution in [3.8, 4) is 5.75 Å². The summed E-state index contributed by atoms with van der Waals surface area (Å²) in [4.78, 5) is 25.7. The third-order valence-corrected chi connectivity index (χ3v) is 7.89. The molecule has 0 atom stereocenters. The summed E-state index contributed by atoms with van der Waals surface area (Å²) in [6, 6.07) is 14.2. The molecule has 0 aliphatic heterocycles. The number of quaternary nitrogens is 1. The number of ether oxygens (including phenoxy) is 2. The minimum Gasteiger partial charge on any atom is -0.493 e. The number of unbranched alkanes of at least 4 members (excludes halogenated alkanes) is 8. The van der Waals surface area contributed by atoms with Crippen LogP contribution in [0.1, 0.15) is 113 Å². The first-order valence-corrected chi connectivity index (χ1v) is 15.6. The van der Waals surface area contributed by atoms with Crippen LogP contribution < -0.4 is 10.1 Å². The molecule has 0 saturated carbocycles. The summed E-state index contributed by atoms with van der Waals surface area (Å²) in [5.41, 5.74) is 1.60. The first kappa shape index (κ1) is 33.3. The number of carbonyl (C=O) groups excluding carboxylic acids is 2. The Kier molecular flexibility index (Phi) is 16.1. The summed E-state index contributed by atoms with van der Waals surface area (Å²) in [5, 5.41) is 2.92. The van der Waals surface area contributed by atoms with Gasteiger partial charge in [-0.15, -0.1) is 0 Å². The van der Waals surface area contributed by atoms with Crippen LogP contribution >= 0.6 is 0 Å². The number of esters is 1. The highest BCUT2D eigenvalue weighted by Crippen LogP contribution is 2.21. The summed E-state index contributed by atoms with van der Waals surface area (Å²) in [5.74, 6) is 0.0245. The smallest absolute Gasteiger partial charge is 0.338 e. The Labute approximate surface area is 243 Å². The molecule has 0 unspecified atom stereocenters. The quantitative estimate of drug-likeness (QED) is 0.0960. The van der Waals surface area contributed by atoms with Gasteiger partial charge < -0.3 is 19.3 Å². The highest BCUT2D eigenvalue weighted by molar-refractivity contribution is 6.06. The number of likely N-dealkylation sites (N-methyl/N-ethyl adjacent to an activating group) is 1. The Morgan fingerprint density at radius 2 is 1.32 bits per heavy atom. The molecular weight excluding hydrogens is 500 g/mol. The molecule has 1 amide bonds. The van der Waals surface area contributed by atoms with Gasteiger partial charge in [0, 0.05) is 5.69 Å². The average Bonchev–Trinajstić information content (AvgIpc) is 2.98. The molecule has 0 aromatic heterocycles. The molecule has 0 bridgehead atoms. The van der Waals surface area contributed by atoms with E-state index in [2.05, 4.69) is 33.0 Å². The first-order chi connectivity index (χ1) is 19.5. The lowest BCUT2D eigenvalue weighted by molar-refractivity contribution is -0.925. The SMILES string of the molecule is CCCCCCCCOc1ccccc1C(=O)Nc1ccc(C(=O)OCC[N+](CC)(CC)CCCCCC)cc1. The van der Waals surface area contributed by atoms with Crippen molar-refractivity contribution in [3.63, 3.8) is 0 Å². The van der Waals surface area contributed by atoms with Gasteiger partial charge >= 0.3 is 5.97 Å². The zero-order valence-corrected chi connectivity index (χ0v) is 25.5. The number of amides is 1. The van der Waals surface area contributed by atoms with Crippen LogP contribution in [0.5, 0.6) is 5.75 Å². The Hall–Kier alpha value is -2.86. The minimum absolute atomic E-state index is 0.235. The zero-order chi connectivity index (χ0) is 29.1. The van der Waals surface area contributed by atoms with Crippen molar-refractivity contribution in [2.24, 2.45) is 0 Å². The number of benzene rings is 2. The normalized spacial score (nSPS) is 11.3. The largest absolute Gasteiger partial charge is 0.493 e. The Morgan fingerprint density at radius 1 is 0.700 bits per heavy atom. The molecule has 40 heavy (non-hydrogen) atoms. The summed E-state index contributed by atoms with van der Waals surface area (Å²) >= 11 is 0. The predicted octanol–water partition coefficient (Wildman–Crippen LogP) is 8.27. The van der Waals surface area contributed by atoms with E-state index in [1.807, 2.05) is 18.2 Å². The highest BCUT2D eigenvalue weighted by Gasteiger charge is 2.23. The van der Waals surface area contributed by atoms with Gasteiger partial charge in [-0.1, -0.05) is 70.9 Å². The van der Waals surface area contributed by atoms with E-state index in [0.717, 1.165) is 43.5 Å². The third-order valence-electron chi connectivity index (χ3n) is 7.89. The lowest BCUT2D eigenvalue weighted by Crippen LogP contribution is -2.50. The van der Waals surface area contributed by atoms with Crippen LogP contribution in [0.2, 0.25) is 0 Å². The van der Waals surface area contributed by atoms with Crippen molar-refractivity contribution in [1.82, 2.24) is 0 Å². The van der Waals surface area contributed by atoms with Crippen molar-refractivity contribution in [1.29, 1.82) is 0 Å². The Balaban J connectivity index is 1.84. The number of nitrogens with one attached hydrogen (secondary N) is 1. The van der Waals surface area contributed by atoms with Gasteiger partial charge in [0.05, 0.1) is 37.4 Å². The van der Waals surface area contributed by atoms with Gasteiger partial charge in [-0.05, 0) is 69.5 Å². The van der Waals surface area contributed by atoms with Gasteiger partial charge in [0.2, 0.25) is 0 Å². The lowest BCUT2D eigenvalue weighted by Gasteiger charge is -2.36. The monoisotopic (exact) mass is 553 g/mol. The fraction of sp³-hybridized carbons (Fsp3) is 0.588. The second kappa shape index (κ2) is 19.3. The van der Waals surface area contributed by atoms with E-state index in [1.165, 1.54) is 51.4 Å². The maximum Gasteiger partial charge on any atom is 0.338 e. The molecule has 0 saturated heterocycles. The topological polar surface area (TPSA) is 64.6 Å². The fourth-order valence-electron chi connectivity index (χ4n) is 4.99. The predicted molar refractivity (Wildman–Crippen MR) is 165 cm³/mol. The summed E-state index contributed by atoms with van der Waals surface area (Å²) in [6.45, 7) is 13.9. The van der Waals surface area contributed by atoms with Gasteiger partial charge in [-0.25, -0.2) is 4.79 Å². The molecule has 0 fully saturated rings. The average molecular weight is 554 g/mol. The van der Waals surface area contributed by atoms with Gasteiger partial charge in [0.25, 0.3) is 5.91 Å². The molecule has 6 heteroatoms. The molecule has 0 radical (unpaired) electrons. The van der Waals surface area contributed by atoms with Crippen LogP contribution in [-0.4, -0.2) is 55.8 Å². The van der Waals surface area contributed by atoms with Crippen LogP contribution in [0.4, 0.5) is 5.69 Å². The van der Waals surface area contributed by atoms with Crippen LogP contribution in [-0.2, 0) is 4.74 Å². The number of anilines is 1. The molecule has 0 aliphatic rings. The maximum atomic E-state index is 13.0. The van der Waals surface area contributed by atoms with E-state index in [9.17, 15) is 9.59 Å². The number of rotatable bonds is 21. The minimum atomic E-state index is -0.331. The summed E-state index contributed by atoms with van der Waals surface area (Å²) in [7, 11) is 0. The zero-order valence-electron chi connectivity index (χ0n) is 25.5. The molecule has 2 aromatic carbocycles. The lowest BCUT2D eigenvalue weighted by atomic mass is 10.1. The standard InChI is InChI=1S/C34H52N2O4/c1-5-9-11-13-14-18-27-39-32-20-16-15-19-31(32)33(37)35-30-23-21-29(22-24-30)34(38)40-28-26-36(7-3,8-4)25-17-12-10-6-2/h15-16,19-24H,5-14,17-18,25-28H2,1-4H3/p+1. The van der Waals surface area contributed by atoms with Gasteiger partial charge in [0.15, 0.2) is 0 Å². The van der Waals surface area contributed by atoms with Crippen molar-refractivity contribution in [2.75, 3.05) is 44.7 Å². The second-order valence-corrected chi connectivity index (χ2v) is 10.8. The Morgan fingerprint density at radius 3 is 2.00 bits per heavy atom. The summed E-state index contributed by atoms with van der Waals surface area (Å²) in [6.07, 6.45) is 12.1. The molecule has 2 rings (SSSR count). The van der Waals surface area contributed by atoms with E-state index in [-0.39, 0.29) is 11.9 Å². The summed E-state index contributed by atoms with van der Waals surface area (Å²) < 4.78 is 12.6. The molecule has 222 valence electrons. The van der Waals surface area contributed by atoms with Crippen LogP contribution in [0.25, 0.3) is 0 Å². The number of nitrogens with zero attached hydrogens (tertiary/aromatic N) is 1. The number of carbonyl (C=O) groups is 2. The van der Waals surface area contributed by atoms with Crippen LogP contribution in [0, 0.1) is 0 Å². The molecule has 1 N–H and O–H groups in total. The van der Waals surface area contributed by atoms with Crippen LogP contribution in [0.15, 0.2) is 48.5 Å². The van der Waals surface area contributed by atoms with Crippen molar-refractivity contribution < 1.29 is 23.5 Å². The number of hydrogen-bond donors (Lipinski definition) is 1. The van der Waals surface area contributed by atoms with E-state index in [4.69, 9.17) is 9.47 Å². The molecule has 6 nitrogen and oxygen atoms in total. The maximum absolute atomic E-state index is 13.0. The van der Waals surface area contributed by atoms with Crippen LogP contribution in [0.3, 0.4) is 0 Å². The molecule has 0 spiro atoms. The number of para-hydroxylation sites is 1. The highest BCUT2D eigenvalue weighted by atomic mass is 16.5. The molecule has 2 aromatic rings. The fourth-order valence-corrected chi connectivity index (χ4v) is 4.99. The molecular formula is C34H53N2O4+. The van der Waals surface area contributed by atoms with Crippen molar-refractivity contribution >= 4 is 17.6 Å². The molecule has 0 aliphatic carbocycles. The van der Waals surface area contributed by atoms with E-state index in [0.29, 0.717) is 35.8 Å². The first-order valence-electron chi connectivity index (χ1n) is 15.6. The third kappa shape index (κ3) is 11.7. The van der Waals surface area contributed by atoms with Crippen molar-refractivity contribution in [3.05, 3.63) is 59.7 Å². The molecule has 0 heterocycles. The second-order valence-electron chi connectivity index (χ2n) is 10.8. The number of hydrogen-bond acceptors (Lipinski definition) is 4. The van der Waals surface area contributed by atoms with E-state index < -0.39 is 0 Å². The van der Waals surface area contributed by atoms with E-state index in [1.54, 1.807) is 30.3 Å². The van der Waals surface area contributed by atoms with Crippen molar-refractivity contribution in [2.45, 2.75) is 91.9 Å². The van der Waals surface area contributed by atoms with Gasteiger partial charge in [0.1, 0.15) is 18.9 Å². The Bertz CT molecular complexity index is 986. The van der Waals surface area contributed by atoms with E-state index >= 15 is 0 Å².